The maximum absolute atomic E-state index is 11.9. The summed E-state index contributed by atoms with van der Waals surface area (Å²) in [5.74, 6) is 0. The fourth-order valence-electron chi connectivity index (χ4n) is 2.27. The van der Waals surface area contributed by atoms with Crippen LogP contribution in [-0.2, 0) is 0 Å². The Labute approximate surface area is 140 Å². The molecule has 0 saturated carbocycles. The lowest BCUT2D eigenvalue weighted by Gasteiger charge is -2.02. The summed E-state index contributed by atoms with van der Waals surface area (Å²) in [7, 11) is 0. The quantitative estimate of drug-likeness (QED) is 0.738. The highest BCUT2D eigenvalue weighted by Crippen LogP contribution is 2.30. The van der Waals surface area contributed by atoms with Gasteiger partial charge >= 0.3 is 6.03 Å². The van der Waals surface area contributed by atoms with Crippen molar-refractivity contribution in [1.82, 2.24) is 24.5 Å². The van der Waals surface area contributed by atoms with Crippen LogP contribution in [0.15, 0.2) is 29.0 Å². The van der Waals surface area contributed by atoms with Crippen LogP contribution in [0.25, 0.3) is 17.0 Å². The first kappa shape index (κ1) is 15.1. The van der Waals surface area contributed by atoms with Gasteiger partial charge in [0.1, 0.15) is 11.3 Å². The third-order valence-electron chi connectivity index (χ3n) is 3.19. The number of rotatable bonds is 2. The number of hydrogen-bond donors (Lipinski definition) is 1. The summed E-state index contributed by atoms with van der Waals surface area (Å²) in [5, 5.41) is 7.67. The van der Waals surface area contributed by atoms with Gasteiger partial charge in [-0.1, -0.05) is 11.6 Å². The highest BCUT2D eigenvalue weighted by atomic mass is 79.9. The largest absolute Gasteiger partial charge is 0.342 e. The van der Waals surface area contributed by atoms with E-state index in [1.165, 1.54) is 4.68 Å². The van der Waals surface area contributed by atoms with Crippen molar-refractivity contribution in [2.45, 2.75) is 13.8 Å². The minimum atomic E-state index is -0.279. The molecular formula is C14H13BrClN5O. The van der Waals surface area contributed by atoms with E-state index in [2.05, 4.69) is 31.3 Å². The van der Waals surface area contributed by atoms with Crippen LogP contribution in [-0.4, -0.2) is 31.7 Å². The van der Waals surface area contributed by atoms with Gasteiger partial charge in [-0.3, -0.25) is 4.40 Å². The average molecular weight is 383 g/mol. The molecule has 1 amide bonds. The van der Waals surface area contributed by atoms with E-state index in [9.17, 15) is 4.79 Å². The highest BCUT2D eigenvalue weighted by Gasteiger charge is 2.19. The van der Waals surface area contributed by atoms with Crippen molar-refractivity contribution in [2.24, 2.45) is 0 Å². The molecule has 0 saturated heterocycles. The summed E-state index contributed by atoms with van der Waals surface area (Å²) in [6.45, 7) is 4.29. The van der Waals surface area contributed by atoms with E-state index < -0.39 is 0 Å². The molecule has 0 unspecified atom stereocenters. The van der Waals surface area contributed by atoms with Gasteiger partial charge in [0, 0.05) is 12.7 Å². The molecule has 0 atom stereocenters. The molecule has 0 spiro atoms. The molecule has 0 aliphatic carbocycles. The second-order valence-corrected chi connectivity index (χ2v) is 6.02. The number of fused-ring (bicyclic) bond motifs is 1. The number of carbonyl (C=O) groups excluding carboxylic acids is 1. The minimum absolute atomic E-state index is 0.279. The fourth-order valence-corrected chi connectivity index (χ4v) is 2.89. The zero-order valence-corrected chi connectivity index (χ0v) is 14.3. The van der Waals surface area contributed by atoms with E-state index in [1.807, 2.05) is 24.3 Å². The van der Waals surface area contributed by atoms with Crippen molar-refractivity contribution in [1.29, 1.82) is 0 Å². The molecule has 0 fully saturated rings. The molecule has 3 rings (SSSR count). The molecule has 0 bridgehead atoms. The van der Waals surface area contributed by atoms with Crippen LogP contribution in [0.4, 0.5) is 4.79 Å². The van der Waals surface area contributed by atoms with Gasteiger partial charge < -0.3 is 5.32 Å². The molecule has 3 heterocycles. The summed E-state index contributed by atoms with van der Waals surface area (Å²) < 4.78 is 3.85. The molecule has 3 aromatic rings. The molecular weight excluding hydrogens is 370 g/mol. The Bertz CT molecular complexity index is 870. The van der Waals surface area contributed by atoms with Crippen LogP contribution in [0.3, 0.4) is 0 Å². The summed E-state index contributed by atoms with van der Waals surface area (Å²) in [6, 6.07) is 3.35. The number of aryl methyl sites for hydroxylation is 1. The van der Waals surface area contributed by atoms with E-state index >= 15 is 0 Å². The molecule has 114 valence electrons. The Hall–Kier alpha value is -1.86. The molecule has 1 N–H and O–H groups in total. The first-order chi connectivity index (χ1) is 10.5. The number of nitrogens with one attached hydrogen (secondary N) is 1. The standard InChI is InChI=1S/C14H13BrClN5O/c1-3-17-14(22)21-7-10(15)12(19-21)13-8(2)18-11-5-4-9(16)6-20(11)13/h4-7H,3H2,1-2H3,(H,17,22). The summed E-state index contributed by atoms with van der Waals surface area (Å²) in [6.07, 6.45) is 3.41. The molecule has 0 aliphatic rings. The Morgan fingerprint density at radius 2 is 2.18 bits per heavy atom. The third-order valence-corrected chi connectivity index (χ3v) is 3.99. The van der Waals surface area contributed by atoms with E-state index in [4.69, 9.17) is 11.6 Å². The van der Waals surface area contributed by atoms with Crippen molar-refractivity contribution in [3.63, 3.8) is 0 Å². The maximum Gasteiger partial charge on any atom is 0.342 e. The van der Waals surface area contributed by atoms with E-state index in [0.29, 0.717) is 21.7 Å². The second-order valence-electron chi connectivity index (χ2n) is 4.73. The summed E-state index contributed by atoms with van der Waals surface area (Å²) in [4.78, 5) is 16.4. The number of amides is 1. The molecule has 0 aromatic carbocycles. The fraction of sp³-hybridized carbons (Fsp3) is 0.214. The van der Waals surface area contributed by atoms with Crippen molar-refractivity contribution in [3.05, 3.63) is 39.7 Å². The number of nitrogens with zero attached hydrogens (tertiary/aromatic N) is 4. The minimum Gasteiger partial charge on any atom is -0.336 e. The van der Waals surface area contributed by atoms with Crippen LogP contribution in [0, 0.1) is 6.92 Å². The van der Waals surface area contributed by atoms with Crippen LogP contribution in [0.5, 0.6) is 0 Å². The van der Waals surface area contributed by atoms with Gasteiger partial charge in [-0.05, 0) is 41.9 Å². The Morgan fingerprint density at radius 1 is 1.41 bits per heavy atom. The number of hydrogen-bond acceptors (Lipinski definition) is 3. The van der Waals surface area contributed by atoms with Crippen molar-refractivity contribution < 1.29 is 4.79 Å². The monoisotopic (exact) mass is 381 g/mol. The molecule has 8 heteroatoms. The predicted octanol–water partition coefficient (Wildman–Crippen LogP) is 3.50. The lowest BCUT2D eigenvalue weighted by Crippen LogP contribution is -2.28. The molecule has 0 radical (unpaired) electrons. The zero-order chi connectivity index (χ0) is 15.9. The van der Waals surface area contributed by atoms with Crippen LogP contribution < -0.4 is 5.32 Å². The maximum atomic E-state index is 11.9. The number of pyridine rings is 1. The molecule has 6 nitrogen and oxygen atoms in total. The van der Waals surface area contributed by atoms with Gasteiger partial charge in [0.15, 0.2) is 0 Å². The number of aromatic nitrogens is 4. The Balaban J connectivity index is 2.17. The van der Waals surface area contributed by atoms with Gasteiger partial charge in [-0.2, -0.15) is 9.78 Å². The number of imidazole rings is 1. The van der Waals surface area contributed by atoms with E-state index in [1.54, 1.807) is 18.5 Å². The first-order valence-electron chi connectivity index (χ1n) is 6.69. The van der Waals surface area contributed by atoms with E-state index in [-0.39, 0.29) is 6.03 Å². The number of carbonyl (C=O) groups is 1. The predicted molar refractivity (Wildman–Crippen MR) is 88.3 cm³/mol. The molecule has 22 heavy (non-hydrogen) atoms. The van der Waals surface area contributed by atoms with Crippen LogP contribution in [0.2, 0.25) is 5.02 Å². The van der Waals surface area contributed by atoms with E-state index in [0.717, 1.165) is 17.0 Å². The normalized spacial score (nSPS) is 11.1. The molecule has 0 aliphatic heterocycles. The lowest BCUT2D eigenvalue weighted by molar-refractivity contribution is 0.240. The summed E-state index contributed by atoms with van der Waals surface area (Å²) >= 11 is 9.53. The highest BCUT2D eigenvalue weighted by molar-refractivity contribution is 9.10. The van der Waals surface area contributed by atoms with Crippen molar-refractivity contribution >= 4 is 39.2 Å². The number of halogens is 2. The SMILES string of the molecule is CCNC(=O)n1cc(Br)c(-c2c(C)nc3ccc(Cl)cn23)n1. The van der Waals surface area contributed by atoms with Gasteiger partial charge in [-0.25, -0.2) is 9.78 Å². The van der Waals surface area contributed by atoms with Crippen molar-refractivity contribution in [2.75, 3.05) is 6.54 Å². The topological polar surface area (TPSA) is 64.2 Å². The second kappa shape index (κ2) is 5.73. The zero-order valence-electron chi connectivity index (χ0n) is 12.0. The smallest absolute Gasteiger partial charge is 0.336 e. The first-order valence-corrected chi connectivity index (χ1v) is 7.86. The van der Waals surface area contributed by atoms with Crippen molar-refractivity contribution in [3.8, 4) is 11.4 Å². The Morgan fingerprint density at radius 3 is 2.91 bits per heavy atom. The molecule has 3 aromatic heterocycles. The lowest BCUT2D eigenvalue weighted by atomic mass is 10.2. The average Bonchev–Trinajstić information content (AvgIpc) is 2.98. The van der Waals surface area contributed by atoms with Crippen LogP contribution >= 0.6 is 27.5 Å². The van der Waals surface area contributed by atoms with Gasteiger partial charge in [0.25, 0.3) is 0 Å². The third kappa shape index (κ3) is 2.50. The van der Waals surface area contributed by atoms with Gasteiger partial charge in [-0.15, -0.1) is 0 Å². The van der Waals surface area contributed by atoms with Gasteiger partial charge in [0.2, 0.25) is 0 Å². The van der Waals surface area contributed by atoms with Gasteiger partial charge in [0.05, 0.1) is 27.1 Å². The summed E-state index contributed by atoms with van der Waals surface area (Å²) in [5.41, 5.74) is 3.02. The van der Waals surface area contributed by atoms with Crippen LogP contribution in [0.1, 0.15) is 12.6 Å². The Kier molecular flexibility index (Phi) is 3.92.